The highest BCUT2D eigenvalue weighted by atomic mass is 19.1. The number of rotatable bonds is 4. The number of benzene rings is 2. The van der Waals surface area contributed by atoms with Crippen LogP contribution in [0.4, 0.5) is 21.5 Å². The Hall–Kier alpha value is -2.96. The van der Waals surface area contributed by atoms with Gasteiger partial charge in [0.2, 0.25) is 0 Å². The number of carboxylic acids is 1. The number of carboxylic acid groups (broad SMARTS) is 1. The molecule has 7 heteroatoms. The van der Waals surface area contributed by atoms with Gasteiger partial charge in [-0.3, -0.25) is 10.1 Å². The molecule has 2 aromatic rings. The summed E-state index contributed by atoms with van der Waals surface area (Å²) in [6, 6.07) is 8.95. The molecule has 2 aromatic carbocycles. The standard InChI is InChI=1S/C14H11FN2O4/c1-16(11-4-2-3-10(15)8-11)13-7-9(14(18)19)5-6-12(13)17(20)21/h2-8H,1H3,(H,18,19). The number of hydrogen-bond donors (Lipinski definition) is 1. The van der Waals surface area contributed by atoms with Gasteiger partial charge in [0.15, 0.2) is 0 Å². The summed E-state index contributed by atoms with van der Waals surface area (Å²) < 4.78 is 13.3. The second-order valence-corrected chi connectivity index (χ2v) is 4.30. The fourth-order valence-electron chi connectivity index (χ4n) is 1.90. The third-order valence-corrected chi connectivity index (χ3v) is 2.98. The number of nitro groups is 1. The van der Waals surface area contributed by atoms with Gasteiger partial charge in [-0.15, -0.1) is 0 Å². The van der Waals surface area contributed by atoms with Crippen molar-refractivity contribution in [3.05, 3.63) is 64.0 Å². The van der Waals surface area contributed by atoms with E-state index < -0.39 is 16.7 Å². The van der Waals surface area contributed by atoms with Gasteiger partial charge in [-0.2, -0.15) is 0 Å². The van der Waals surface area contributed by atoms with Crippen molar-refractivity contribution in [3.63, 3.8) is 0 Å². The number of hydrogen-bond acceptors (Lipinski definition) is 4. The first kappa shape index (κ1) is 14.4. The summed E-state index contributed by atoms with van der Waals surface area (Å²) in [6.07, 6.45) is 0. The van der Waals surface area contributed by atoms with Gasteiger partial charge in [0.25, 0.3) is 5.69 Å². The fraction of sp³-hybridized carbons (Fsp3) is 0.0714. The molecule has 0 unspecified atom stereocenters. The van der Waals surface area contributed by atoms with Crippen LogP contribution in [0.5, 0.6) is 0 Å². The highest BCUT2D eigenvalue weighted by Crippen LogP contribution is 2.33. The molecule has 0 bridgehead atoms. The highest BCUT2D eigenvalue weighted by molar-refractivity contribution is 5.90. The second kappa shape index (κ2) is 5.58. The molecule has 6 nitrogen and oxygen atoms in total. The Morgan fingerprint density at radius 3 is 2.57 bits per heavy atom. The molecule has 0 spiro atoms. The van der Waals surface area contributed by atoms with E-state index in [-0.39, 0.29) is 16.9 Å². The molecule has 0 radical (unpaired) electrons. The van der Waals surface area contributed by atoms with Crippen LogP contribution in [0.1, 0.15) is 10.4 Å². The number of anilines is 2. The summed E-state index contributed by atoms with van der Waals surface area (Å²) >= 11 is 0. The number of carbonyl (C=O) groups is 1. The lowest BCUT2D eigenvalue weighted by Crippen LogP contribution is -2.13. The van der Waals surface area contributed by atoms with Crippen LogP contribution in [0, 0.1) is 15.9 Å². The van der Waals surface area contributed by atoms with Crippen LogP contribution >= 0.6 is 0 Å². The van der Waals surface area contributed by atoms with Gasteiger partial charge in [-0.1, -0.05) is 6.07 Å². The molecule has 0 amide bonds. The van der Waals surface area contributed by atoms with E-state index in [0.29, 0.717) is 5.69 Å². The molecule has 0 aliphatic carbocycles. The molecule has 0 fully saturated rings. The Kier molecular flexibility index (Phi) is 3.84. The monoisotopic (exact) mass is 290 g/mol. The summed E-state index contributed by atoms with van der Waals surface area (Å²) in [5.74, 6) is -1.69. The smallest absolute Gasteiger partial charge is 0.335 e. The maximum atomic E-state index is 13.3. The molecule has 21 heavy (non-hydrogen) atoms. The molecular weight excluding hydrogens is 279 g/mol. The molecule has 1 N–H and O–H groups in total. The third-order valence-electron chi connectivity index (χ3n) is 2.98. The number of nitrogens with zero attached hydrogens (tertiary/aromatic N) is 2. The number of aromatic carboxylic acids is 1. The lowest BCUT2D eigenvalue weighted by molar-refractivity contribution is -0.384. The van der Waals surface area contributed by atoms with Gasteiger partial charge in [0.1, 0.15) is 11.5 Å². The van der Waals surface area contributed by atoms with Gasteiger partial charge in [-0.25, -0.2) is 9.18 Å². The molecule has 0 aliphatic rings. The largest absolute Gasteiger partial charge is 0.478 e. The van der Waals surface area contributed by atoms with Gasteiger partial charge in [0.05, 0.1) is 10.5 Å². The molecule has 0 saturated heterocycles. The Morgan fingerprint density at radius 2 is 2.00 bits per heavy atom. The summed E-state index contributed by atoms with van der Waals surface area (Å²) in [6.45, 7) is 0. The van der Waals surface area contributed by atoms with Crippen LogP contribution in [0.25, 0.3) is 0 Å². The minimum absolute atomic E-state index is 0.0745. The third kappa shape index (κ3) is 2.97. The van der Waals surface area contributed by atoms with E-state index in [1.54, 1.807) is 6.07 Å². The van der Waals surface area contributed by atoms with Crippen molar-refractivity contribution in [2.75, 3.05) is 11.9 Å². The Morgan fingerprint density at radius 1 is 1.29 bits per heavy atom. The van der Waals surface area contributed by atoms with Crippen LogP contribution < -0.4 is 4.90 Å². The predicted molar refractivity (Wildman–Crippen MR) is 74.5 cm³/mol. The van der Waals surface area contributed by atoms with Crippen molar-refractivity contribution < 1.29 is 19.2 Å². The summed E-state index contributed by atoms with van der Waals surface area (Å²) in [7, 11) is 1.50. The molecule has 0 aliphatic heterocycles. The van der Waals surface area contributed by atoms with E-state index in [2.05, 4.69) is 0 Å². The lowest BCUT2D eigenvalue weighted by Gasteiger charge is -2.19. The van der Waals surface area contributed by atoms with E-state index in [1.807, 2.05) is 0 Å². The van der Waals surface area contributed by atoms with Crippen molar-refractivity contribution in [2.24, 2.45) is 0 Å². The van der Waals surface area contributed by atoms with Crippen molar-refractivity contribution in [1.82, 2.24) is 0 Å². The molecular formula is C14H11FN2O4. The topological polar surface area (TPSA) is 83.7 Å². The van der Waals surface area contributed by atoms with Gasteiger partial charge >= 0.3 is 5.97 Å². The van der Waals surface area contributed by atoms with Crippen LogP contribution in [0.15, 0.2) is 42.5 Å². The quantitative estimate of drug-likeness (QED) is 0.690. The molecule has 0 aromatic heterocycles. The van der Waals surface area contributed by atoms with E-state index in [4.69, 9.17) is 5.11 Å². The molecule has 0 atom stereocenters. The first-order valence-corrected chi connectivity index (χ1v) is 5.91. The average Bonchev–Trinajstić information content (AvgIpc) is 2.45. The van der Waals surface area contributed by atoms with E-state index in [1.165, 1.54) is 36.2 Å². The Labute approximate surface area is 119 Å². The van der Waals surface area contributed by atoms with Crippen molar-refractivity contribution >= 4 is 23.0 Å². The maximum Gasteiger partial charge on any atom is 0.335 e. The summed E-state index contributed by atoms with van der Waals surface area (Å²) in [4.78, 5) is 22.8. The van der Waals surface area contributed by atoms with E-state index in [0.717, 1.165) is 12.1 Å². The minimum Gasteiger partial charge on any atom is -0.478 e. The van der Waals surface area contributed by atoms with Crippen LogP contribution in [0.3, 0.4) is 0 Å². The van der Waals surface area contributed by atoms with Gasteiger partial charge in [0, 0.05) is 18.8 Å². The fourth-order valence-corrected chi connectivity index (χ4v) is 1.90. The normalized spacial score (nSPS) is 10.2. The number of nitro benzene ring substituents is 1. The van der Waals surface area contributed by atoms with Crippen molar-refractivity contribution in [2.45, 2.75) is 0 Å². The highest BCUT2D eigenvalue weighted by Gasteiger charge is 2.20. The summed E-state index contributed by atoms with van der Waals surface area (Å²) in [5.41, 5.74) is 0.108. The lowest BCUT2D eigenvalue weighted by atomic mass is 10.1. The zero-order chi connectivity index (χ0) is 15.6. The first-order valence-electron chi connectivity index (χ1n) is 5.91. The first-order chi connectivity index (χ1) is 9.90. The Balaban J connectivity index is 2.56. The van der Waals surface area contributed by atoms with Gasteiger partial charge in [-0.05, 0) is 30.3 Å². The SMILES string of the molecule is CN(c1cccc(F)c1)c1cc(C(=O)O)ccc1[N+](=O)[O-]. The van der Waals surface area contributed by atoms with Crippen molar-refractivity contribution in [1.29, 1.82) is 0 Å². The van der Waals surface area contributed by atoms with Crippen molar-refractivity contribution in [3.8, 4) is 0 Å². The summed E-state index contributed by atoms with van der Waals surface area (Å²) in [5, 5.41) is 20.0. The van der Waals surface area contributed by atoms with Crippen LogP contribution in [0.2, 0.25) is 0 Å². The van der Waals surface area contributed by atoms with Crippen LogP contribution in [-0.4, -0.2) is 23.0 Å². The molecule has 0 heterocycles. The van der Waals surface area contributed by atoms with E-state index >= 15 is 0 Å². The molecule has 0 saturated carbocycles. The zero-order valence-corrected chi connectivity index (χ0v) is 11.0. The van der Waals surface area contributed by atoms with E-state index in [9.17, 15) is 19.3 Å². The minimum atomic E-state index is -1.20. The van der Waals surface area contributed by atoms with Gasteiger partial charge < -0.3 is 10.0 Å². The Bertz CT molecular complexity index is 718. The average molecular weight is 290 g/mol. The molecule has 2 rings (SSSR count). The maximum absolute atomic E-state index is 13.3. The predicted octanol–water partition coefficient (Wildman–Crippen LogP) is 3.20. The second-order valence-electron chi connectivity index (χ2n) is 4.30. The molecule has 108 valence electrons. The number of halogens is 1. The van der Waals surface area contributed by atoms with Crippen LogP contribution in [-0.2, 0) is 0 Å². The zero-order valence-electron chi connectivity index (χ0n) is 11.0.